The highest BCUT2D eigenvalue weighted by Crippen LogP contribution is 2.27. The Hall–Kier alpha value is -2.51. The van der Waals surface area contributed by atoms with Crippen LogP contribution in [-0.4, -0.2) is 53.3 Å². The number of carboxylic acids is 1. The van der Waals surface area contributed by atoms with Crippen LogP contribution in [-0.2, 0) is 4.79 Å². The first-order chi connectivity index (χ1) is 13.1. The highest BCUT2D eigenvalue weighted by atomic mass is 32.2. The van der Waals surface area contributed by atoms with Gasteiger partial charge in [0.15, 0.2) is 0 Å². The second kappa shape index (κ2) is 10.6. The number of thioether (sulfide) groups is 1. The molecule has 1 amide bonds. The Morgan fingerprint density at radius 1 is 1.15 bits per heavy atom. The van der Waals surface area contributed by atoms with Crippen molar-refractivity contribution in [1.29, 1.82) is 0 Å². The van der Waals surface area contributed by atoms with Gasteiger partial charge in [0.1, 0.15) is 6.04 Å². The molecule has 144 valence electrons. The molecular weight excluding hydrogens is 364 g/mol. The van der Waals surface area contributed by atoms with E-state index in [1.165, 1.54) is 11.8 Å². The summed E-state index contributed by atoms with van der Waals surface area (Å²) in [5.74, 6) is -0.816. The summed E-state index contributed by atoms with van der Waals surface area (Å²) in [6.45, 7) is 0.397. The third-order valence-corrected chi connectivity index (χ3v) is 4.65. The van der Waals surface area contributed by atoms with Gasteiger partial charge in [-0.25, -0.2) is 4.79 Å². The predicted molar refractivity (Wildman–Crippen MR) is 109 cm³/mol. The third kappa shape index (κ3) is 6.01. The smallest absolute Gasteiger partial charge is 0.326 e. The van der Waals surface area contributed by atoms with E-state index in [0.717, 1.165) is 11.3 Å². The minimum atomic E-state index is -1.04. The van der Waals surface area contributed by atoms with Crippen molar-refractivity contribution in [1.82, 2.24) is 5.32 Å². The number of amides is 1. The van der Waals surface area contributed by atoms with Crippen molar-refractivity contribution in [2.45, 2.75) is 12.5 Å². The van der Waals surface area contributed by atoms with E-state index in [9.17, 15) is 14.7 Å². The molecule has 0 aliphatic carbocycles. The summed E-state index contributed by atoms with van der Waals surface area (Å²) in [6, 6.07) is 13.7. The lowest BCUT2D eigenvalue weighted by Gasteiger charge is -2.17. The number of hydrogen-bond acceptors (Lipinski definition) is 5. The van der Waals surface area contributed by atoms with Crippen LogP contribution in [0.5, 0.6) is 0 Å². The number of aliphatic hydroxyl groups excluding tert-OH is 1. The minimum absolute atomic E-state index is 0.00135. The zero-order valence-corrected chi connectivity index (χ0v) is 16.0. The van der Waals surface area contributed by atoms with Crippen LogP contribution < -0.4 is 10.6 Å². The molecule has 0 fully saturated rings. The topological polar surface area (TPSA) is 98.7 Å². The number of nitrogens with one attached hydrogen (secondary N) is 2. The van der Waals surface area contributed by atoms with Crippen LogP contribution in [0.2, 0.25) is 0 Å². The van der Waals surface area contributed by atoms with Crippen molar-refractivity contribution in [3.8, 4) is 11.1 Å². The molecule has 0 aliphatic heterocycles. The lowest BCUT2D eigenvalue weighted by Crippen LogP contribution is -2.41. The number of aliphatic carboxylic acids is 1. The molecule has 0 saturated carbocycles. The molecule has 4 N–H and O–H groups in total. The molecule has 0 aliphatic rings. The monoisotopic (exact) mass is 388 g/mol. The molecule has 0 radical (unpaired) electrons. The van der Waals surface area contributed by atoms with Crippen molar-refractivity contribution in [2.75, 3.05) is 30.5 Å². The van der Waals surface area contributed by atoms with Crippen LogP contribution in [0.1, 0.15) is 16.8 Å². The summed E-state index contributed by atoms with van der Waals surface area (Å²) in [5, 5.41) is 24.1. The number of carbonyl (C=O) groups is 2. The quantitative estimate of drug-likeness (QED) is 0.500. The number of rotatable bonds is 10. The summed E-state index contributed by atoms with van der Waals surface area (Å²) in [4.78, 5) is 24.2. The molecule has 27 heavy (non-hydrogen) atoms. The summed E-state index contributed by atoms with van der Waals surface area (Å²) in [6.07, 6.45) is 2.26. The van der Waals surface area contributed by atoms with E-state index in [1.54, 1.807) is 12.1 Å². The molecule has 2 aromatic rings. The van der Waals surface area contributed by atoms with Crippen molar-refractivity contribution in [3.05, 3.63) is 54.1 Å². The van der Waals surface area contributed by atoms with Crippen LogP contribution in [0.3, 0.4) is 0 Å². The number of anilines is 1. The summed E-state index contributed by atoms with van der Waals surface area (Å²) in [5.41, 5.74) is 2.74. The van der Waals surface area contributed by atoms with Crippen molar-refractivity contribution in [2.24, 2.45) is 0 Å². The summed E-state index contributed by atoms with van der Waals surface area (Å²) in [7, 11) is 0. The van der Waals surface area contributed by atoms with Gasteiger partial charge in [-0.05, 0) is 47.8 Å². The van der Waals surface area contributed by atoms with Crippen LogP contribution in [0.25, 0.3) is 11.1 Å². The van der Waals surface area contributed by atoms with E-state index in [1.807, 2.05) is 42.7 Å². The number of carbonyl (C=O) groups excluding carboxylic acids is 1. The predicted octanol–water partition coefficient (Wildman–Crippen LogP) is 2.69. The normalized spacial score (nSPS) is 11.6. The Bertz CT molecular complexity index is 768. The zero-order valence-electron chi connectivity index (χ0n) is 15.1. The van der Waals surface area contributed by atoms with E-state index in [4.69, 9.17) is 5.11 Å². The SMILES string of the molecule is CSCC[C@H](NC(=O)c1ccc(NCCO)cc1-c1ccccc1)C(=O)O. The third-order valence-electron chi connectivity index (χ3n) is 4.00. The molecule has 1 atom stereocenters. The average Bonchev–Trinajstić information content (AvgIpc) is 2.69. The van der Waals surface area contributed by atoms with Gasteiger partial charge in [0, 0.05) is 17.8 Å². The Labute approximate surface area is 163 Å². The van der Waals surface area contributed by atoms with Crippen LogP contribution >= 0.6 is 11.8 Å². The Morgan fingerprint density at radius 3 is 2.52 bits per heavy atom. The number of carboxylic acid groups (broad SMARTS) is 1. The van der Waals surface area contributed by atoms with Gasteiger partial charge < -0.3 is 20.8 Å². The largest absolute Gasteiger partial charge is 0.480 e. The lowest BCUT2D eigenvalue weighted by atomic mass is 9.98. The molecule has 0 heterocycles. The molecule has 7 heteroatoms. The molecule has 6 nitrogen and oxygen atoms in total. The van der Waals surface area contributed by atoms with E-state index in [0.29, 0.717) is 29.8 Å². The van der Waals surface area contributed by atoms with Crippen LogP contribution in [0.4, 0.5) is 5.69 Å². The first-order valence-corrected chi connectivity index (χ1v) is 10.0. The van der Waals surface area contributed by atoms with Gasteiger partial charge in [-0.3, -0.25) is 4.79 Å². The van der Waals surface area contributed by atoms with E-state index in [2.05, 4.69) is 10.6 Å². The van der Waals surface area contributed by atoms with Crippen molar-refractivity contribution < 1.29 is 19.8 Å². The Balaban J connectivity index is 2.33. The molecule has 2 rings (SSSR count). The van der Waals surface area contributed by atoms with Crippen LogP contribution in [0, 0.1) is 0 Å². The lowest BCUT2D eigenvalue weighted by molar-refractivity contribution is -0.139. The van der Waals surface area contributed by atoms with Crippen LogP contribution in [0.15, 0.2) is 48.5 Å². The Morgan fingerprint density at radius 2 is 1.89 bits per heavy atom. The maximum atomic E-state index is 12.8. The number of hydrogen-bond donors (Lipinski definition) is 4. The molecule has 0 aromatic heterocycles. The molecule has 0 spiro atoms. The van der Waals surface area contributed by atoms with E-state index in [-0.39, 0.29) is 6.61 Å². The molecule has 0 unspecified atom stereocenters. The van der Waals surface area contributed by atoms with Gasteiger partial charge in [-0.15, -0.1) is 0 Å². The number of benzene rings is 2. The van der Waals surface area contributed by atoms with Gasteiger partial charge in [-0.1, -0.05) is 30.3 Å². The van der Waals surface area contributed by atoms with E-state index >= 15 is 0 Å². The fourth-order valence-corrected chi connectivity index (χ4v) is 3.11. The molecule has 2 aromatic carbocycles. The van der Waals surface area contributed by atoms with Crippen molar-refractivity contribution in [3.63, 3.8) is 0 Å². The Kier molecular flexibility index (Phi) is 8.16. The van der Waals surface area contributed by atoms with Gasteiger partial charge in [-0.2, -0.15) is 11.8 Å². The zero-order chi connectivity index (χ0) is 19.6. The minimum Gasteiger partial charge on any atom is -0.480 e. The second-order valence-corrected chi connectivity index (χ2v) is 6.91. The summed E-state index contributed by atoms with van der Waals surface area (Å²) < 4.78 is 0. The van der Waals surface area contributed by atoms with E-state index < -0.39 is 17.9 Å². The standard InChI is InChI=1S/C20H24N2O4S/c1-27-12-9-18(20(25)26)22-19(24)16-8-7-15(21-10-11-23)13-17(16)14-5-3-2-4-6-14/h2-8,13,18,21,23H,9-12H2,1H3,(H,22,24)(H,25,26)/t18-/m0/s1. The molecule has 0 bridgehead atoms. The first-order valence-electron chi connectivity index (χ1n) is 8.63. The van der Waals surface area contributed by atoms with Gasteiger partial charge in [0.05, 0.1) is 6.61 Å². The summed E-state index contributed by atoms with van der Waals surface area (Å²) >= 11 is 1.54. The maximum Gasteiger partial charge on any atom is 0.326 e. The molecular formula is C20H24N2O4S. The fourth-order valence-electron chi connectivity index (χ4n) is 2.64. The fraction of sp³-hybridized carbons (Fsp3) is 0.300. The van der Waals surface area contributed by atoms with Gasteiger partial charge >= 0.3 is 5.97 Å². The van der Waals surface area contributed by atoms with Gasteiger partial charge in [0.2, 0.25) is 0 Å². The average molecular weight is 388 g/mol. The maximum absolute atomic E-state index is 12.8. The second-order valence-electron chi connectivity index (χ2n) is 5.92. The van der Waals surface area contributed by atoms with Crippen molar-refractivity contribution >= 4 is 29.3 Å². The number of aliphatic hydroxyl groups is 1. The van der Waals surface area contributed by atoms with Gasteiger partial charge in [0.25, 0.3) is 5.91 Å². The highest BCUT2D eigenvalue weighted by Gasteiger charge is 2.22. The molecule has 0 saturated heterocycles. The first kappa shape index (κ1) is 20.8. The highest BCUT2D eigenvalue weighted by molar-refractivity contribution is 7.98.